The van der Waals surface area contributed by atoms with Gasteiger partial charge in [0.05, 0.1) is 7.11 Å². The lowest BCUT2D eigenvalue weighted by Gasteiger charge is -2.22. The van der Waals surface area contributed by atoms with Gasteiger partial charge >= 0.3 is 0 Å². The molecule has 79 valence electrons. The third-order valence-electron chi connectivity index (χ3n) is 2.61. The van der Waals surface area contributed by atoms with E-state index in [0.717, 1.165) is 31.8 Å². The lowest BCUT2D eigenvalue weighted by Crippen LogP contribution is -2.26. The van der Waals surface area contributed by atoms with Crippen LogP contribution in [0.5, 0.6) is 5.75 Å². The highest BCUT2D eigenvalue weighted by Gasteiger charge is 2.06. The van der Waals surface area contributed by atoms with E-state index >= 15 is 0 Å². The fourth-order valence-corrected chi connectivity index (χ4v) is 1.75. The minimum absolute atomic E-state index is 0.920. The molecular weight excluding hydrogens is 186 g/mol. The number of rotatable bonds is 3. The van der Waals surface area contributed by atoms with Crippen LogP contribution in [-0.4, -0.2) is 25.1 Å². The van der Waals surface area contributed by atoms with Gasteiger partial charge in [0, 0.05) is 19.6 Å². The summed E-state index contributed by atoms with van der Waals surface area (Å²) in [5, 5.41) is 0. The lowest BCUT2D eigenvalue weighted by molar-refractivity contribution is 0.286. The Bertz CT molecular complexity index is 329. The quantitative estimate of drug-likeness (QED) is 0.745. The molecule has 1 radical (unpaired) electrons. The average molecular weight is 202 g/mol. The molecule has 0 N–H and O–H groups in total. The first-order chi connectivity index (χ1) is 7.38. The van der Waals surface area contributed by atoms with E-state index in [0.29, 0.717) is 0 Å². The van der Waals surface area contributed by atoms with E-state index in [-0.39, 0.29) is 0 Å². The molecule has 0 saturated heterocycles. The summed E-state index contributed by atoms with van der Waals surface area (Å²) in [6.45, 7) is 3.09. The average Bonchev–Trinajstić information content (AvgIpc) is 2.31. The summed E-state index contributed by atoms with van der Waals surface area (Å²) in [4.78, 5) is 2.39. The molecule has 1 aliphatic heterocycles. The predicted octanol–water partition coefficient (Wildman–Crippen LogP) is 2.26. The highest BCUT2D eigenvalue weighted by Crippen LogP contribution is 2.13. The van der Waals surface area contributed by atoms with Crippen molar-refractivity contribution >= 4 is 0 Å². The van der Waals surface area contributed by atoms with Gasteiger partial charge in [0.1, 0.15) is 5.75 Å². The van der Waals surface area contributed by atoms with Crippen LogP contribution in [-0.2, 0) is 6.54 Å². The van der Waals surface area contributed by atoms with Crippen molar-refractivity contribution < 1.29 is 4.74 Å². The monoisotopic (exact) mass is 202 g/mol. The molecule has 0 unspecified atom stereocenters. The number of benzene rings is 1. The summed E-state index contributed by atoms with van der Waals surface area (Å²) < 4.78 is 5.13. The highest BCUT2D eigenvalue weighted by molar-refractivity contribution is 5.27. The number of hydrogen-bond donors (Lipinski definition) is 0. The van der Waals surface area contributed by atoms with Gasteiger partial charge in [-0.15, -0.1) is 0 Å². The van der Waals surface area contributed by atoms with Crippen molar-refractivity contribution in [2.45, 2.75) is 13.0 Å². The second-order valence-corrected chi connectivity index (χ2v) is 3.76. The molecule has 0 atom stereocenters. The summed E-state index contributed by atoms with van der Waals surface area (Å²) in [5.41, 5.74) is 1.33. The van der Waals surface area contributed by atoms with Gasteiger partial charge in [-0.05, 0) is 30.2 Å². The maximum Gasteiger partial charge on any atom is 0.118 e. The van der Waals surface area contributed by atoms with Gasteiger partial charge in [0.15, 0.2) is 0 Å². The smallest absolute Gasteiger partial charge is 0.118 e. The molecule has 2 nitrogen and oxygen atoms in total. The van der Waals surface area contributed by atoms with E-state index in [2.05, 4.69) is 29.2 Å². The van der Waals surface area contributed by atoms with Crippen LogP contribution in [0.15, 0.2) is 30.3 Å². The first-order valence-corrected chi connectivity index (χ1v) is 5.29. The number of hydrogen-bond acceptors (Lipinski definition) is 2. The van der Waals surface area contributed by atoms with Crippen molar-refractivity contribution in [2.75, 3.05) is 20.2 Å². The van der Waals surface area contributed by atoms with Gasteiger partial charge in [-0.1, -0.05) is 18.2 Å². The molecule has 1 aliphatic rings. The van der Waals surface area contributed by atoms with Crippen LogP contribution in [0, 0.1) is 6.08 Å². The van der Waals surface area contributed by atoms with Gasteiger partial charge in [-0.3, -0.25) is 4.90 Å². The zero-order valence-corrected chi connectivity index (χ0v) is 9.07. The third-order valence-corrected chi connectivity index (χ3v) is 2.61. The topological polar surface area (TPSA) is 12.5 Å². The largest absolute Gasteiger partial charge is 0.497 e. The van der Waals surface area contributed by atoms with Crippen LogP contribution >= 0.6 is 0 Å². The molecule has 0 bridgehead atoms. The zero-order chi connectivity index (χ0) is 10.5. The van der Waals surface area contributed by atoms with Crippen molar-refractivity contribution in [3.05, 3.63) is 42.0 Å². The Balaban J connectivity index is 1.95. The molecule has 0 saturated carbocycles. The predicted molar refractivity (Wildman–Crippen MR) is 60.7 cm³/mol. The Hall–Kier alpha value is -1.28. The summed E-state index contributed by atoms with van der Waals surface area (Å²) in [6.07, 6.45) is 6.50. The number of methoxy groups -OCH3 is 1. The van der Waals surface area contributed by atoms with Crippen LogP contribution in [0.25, 0.3) is 0 Å². The van der Waals surface area contributed by atoms with E-state index in [9.17, 15) is 0 Å². The second-order valence-electron chi connectivity index (χ2n) is 3.76. The van der Waals surface area contributed by atoms with E-state index in [4.69, 9.17) is 4.74 Å². The second kappa shape index (κ2) is 4.99. The van der Waals surface area contributed by atoms with Crippen LogP contribution in [0.4, 0.5) is 0 Å². The minimum Gasteiger partial charge on any atom is -0.497 e. The molecule has 0 fully saturated rings. The Morgan fingerprint density at radius 3 is 2.73 bits per heavy atom. The van der Waals surface area contributed by atoms with Gasteiger partial charge in [-0.2, -0.15) is 0 Å². The van der Waals surface area contributed by atoms with Crippen molar-refractivity contribution in [3.63, 3.8) is 0 Å². The van der Waals surface area contributed by atoms with E-state index in [1.165, 1.54) is 5.56 Å². The maximum atomic E-state index is 5.13. The Labute approximate surface area is 91.2 Å². The van der Waals surface area contributed by atoms with Crippen molar-refractivity contribution in [1.82, 2.24) is 4.90 Å². The SMILES string of the molecule is COc1ccc(CN2C[C]=CCC2)cc1. The van der Waals surface area contributed by atoms with E-state index in [1.807, 2.05) is 12.1 Å². The standard InChI is InChI=1S/C13H16NO/c1-15-13-7-5-12(6-8-13)11-14-9-3-2-4-10-14/h2,5-8H,3,9-11H2,1H3. The Kier molecular flexibility index (Phi) is 3.41. The van der Waals surface area contributed by atoms with E-state index in [1.54, 1.807) is 7.11 Å². The molecule has 1 heterocycles. The summed E-state index contributed by atoms with van der Waals surface area (Å²) in [7, 11) is 1.69. The lowest BCUT2D eigenvalue weighted by atomic mass is 10.1. The van der Waals surface area contributed by atoms with Gasteiger partial charge in [0.25, 0.3) is 0 Å². The molecule has 1 aromatic carbocycles. The fraction of sp³-hybridized carbons (Fsp3) is 0.385. The Morgan fingerprint density at radius 1 is 1.33 bits per heavy atom. The molecule has 0 aliphatic carbocycles. The van der Waals surface area contributed by atoms with Crippen molar-refractivity contribution in [3.8, 4) is 5.75 Å². The van der Waals surface area contributed by atoms with Gasteiger partial charge in [-0.25, -0.2) is 0 Å². The normalized spacial score (nSPS) is 16.6. The molecule has 2 rings (SSSR count). The van der Waals surface area contributed by atoms with E-state index < -0.39 is 0 Å². The van der Waals surface area contributed by atoms with Crippen LogP contribution in [0.3, 0.4) is 0 Å². The molecule has 0 amide bonds. The molecular formula is C13H16NO. The highest BCUT2D eigenvalue weighted by atomic mass is 16.5. The number of nitrogens with zero attached hydrogens (tertiary/aromatic N) is 1. The molecule has 0 aromatic heterocycles. The van der Waals surface area contributed by atoms with Crippen LogP contribution < -0.4 is 4.74 Å². The van der Waals surface area contributed by atoms with Crippen molar-refractivity contribution in [1.29, 1.82) is 0 Å². The van der Waals surface area contributed by atoms with Crippen molar-refractivity contribution in [2.24, 2.45) is 0 Å². The fourth-order valence-electron chi connectivity index (χ4n) is 1.75. The first-order valence-electron chi connectivity index (χ1n) is 5.29. The molecule has 0 spiro atoms. The minimum atomic E-state index is 0.920. The van der Waals surface area contributed by atoms with Crippen LogP contribution in [0.1, 0.15) is 12.0 Å². The summed E-state index contributed by atoms with van der Waals surface area (Å²) in [5.74, 6) is 0.920. The molecule has 15 heavy (non-hydrogen) atoms. The molecule has 1 aromatic rings. The summed E-state index contributed by atoms with van der Waals surface area (Å²) >= 11 is 0. The molecule has 2 heteroatoms. The summed E-state index contributed by atoms with van der Waals surface area (Å²) in [6, 6.07) is 8.27. The van der Waals surface area contributed by atoms with Gasteiger partial charge < -0.3 is 4.74 Å². The first kappa shape index (κ1) is 10.2. The van der Waals surface area contributed by atoms with Crippen LogP contribution in [0.2, 0.25) is 0 Å². The Morgan fingerprint density at radius 2 is 2.13 bits per heavy atom. The third kappa shape index (κ3) is 2.83. The zero-order valence-electron chi connectivity index (χ0n) is 9.07. The number of ether oxygens (including phenoxy) is 1. The maximum absolute atomic E-state index is 5.13. The van der Waals surface area contributed by atoms with Gasteiger partial charge in [0.2, 0.25) is 0 Å².